The van der Waals surface area contributed by atoms with Crippen molar-refractivity contribution in [2.24, 2.45) is 0 Å². The number of carbonyl (C=O) groups is 1. The van der Waals surface area contributed by atoms with Crippen molar-refractivity contribution in [1.82, 2.24) is 0 Å². The summed E-state index contributed by atoms with van der Waals surface area (Å²) < 4.78 is 0. The molecular formula is C42H33N3O2. The van der Waals surface area contributed by atoms with Crippen LogP contribution >= 0.6 is 0 Å². The molecule has 0 radical (unpaired) electrons. The molecule has 228 valence electrons. The Hall–Kier alpha value is -6.38. The van der Waals surface area contributed by atoms with Crippen molar-refractivity contribution < 1.29 is 9.90 Å². The van der Waals surface area contributed by atoms with E-state index in [2.05, 4.69) is 145 Å². The summed E-state index contributed by atoms with van der Waals surface area (Å²) in [5, 5.41) is 18.4. The van der Waals surface area contributed by atoms with Crippen molar-refractivity contribution >= 4 is 46.2 Å². The first kappa shape index (κ1) is 30.6. The van der Waals surface area contributed by atoms with Gasteiger partial charge >= 0.3 is 5.97 Å². The smallest absolute Gasteiger partial charge is 0.346 e. The molecule has 0 aromatic heterocycles. The van der Waals surface area contributed by atoms with Crippen molar-refractivity contribution in [1.29, 1.82) is 5.26 Å². The number of benzene rings is 6. The normalized spacial score (nSPS) is 11.0. The molecule has 6 rings (SSSR count). The van der Waals surface area contributed by atoms with Crippen molar-refractivity contribution in [2.45, 2.75) is 13.8 Å². The van der Waals surface area contributed by atoms with Gasteiger partial charge in [0.05, 0.1) is 0 Å². The zero-order valence-corrected chi connectivity index (χ0v) is 26.2. The number of aryl methyl sites for hydroxylation is 2. The van der Waals surface area contributed by atoms with Crippen LogP contribution in [-0.4, -0.2) is 11.1 Å². The Balaban J connectivity index is 1.30. The highest BCUT2D eigenvalue weighted by atomic mass is 16.4. The van der Waals surface area contributed by atoms with E-state index in [-0.39, 0.29) is 5.57 Å². The van der Waals surface area contributed by atoms with E-state index in [9.17, 15) is 9.90 Å². The fourth-order valence-electron chi connectivity index (χ4n) is 5.49. The van der Waals surface area contributed by atoms with Gasteiger partial charge in [-0.3, -0.25) is 0 Å². The molecule has 5 nitrogen and oxygen atoms in total. The third kappa shape index (κ3) is 6.98. The standard InChI is InChI=1S/C42H33N3O2/c1-30-8-18-37(19-9-30)44(36-6-4-3-5-7-36)40-24-14-33(15-25-40)34-16-26-41(27-17-34)45(38-20-10-31(2)11-21-38)39-22-12-32(13-23-39)28-35(29-43)42(46)47/h3-28H,1-2H3,(H,46,47)/b35-28-. The number of hydrogen-bond acceptors (Lipinski definition) is 4. The van der Waals surface area contributed by atoms with Gasteiger partial charge < -0.3 is 14.9 Å². The van der Waals surface area contributed by atoms with Crippen LogP contribution in [0.1, 0.15) is 16.7 Å². The summed E-state index contributed by atoms with van der Waals surface area (Å²) in [5.74, 6) is -1.24. The monoisotopic (exact) mass is 611 g/mol. The van der Waals surface area contributed by atoms with E-state index < -0.39 is 5.97 Å². The van der Waals surface area contributed by atoms with Crippen LogP contribution in [0.5, 0.6) is 0 Å². The molecule has 0 aliphatic heterocycles. The fraction of sp³-hybridized carbons (Fsp3) is 0.0476. The highest BCUT2D eigenvalue weighted by Gasteiger charge is 2.15. The highest BCUT2D eigenvalue weighted by Crippen LogP contribution is 2.38. The van der Waals surface area contributed by atoms with E-state index in [1.54, 1.807) is 6.07 Å². The van der Waals surface area contributed by atoms with Gasteiger partial charge in [0.25, 0.3) is 0 Å². The first-order valence-electron chi connectivity index (χ1n) is 15.3. The summed E-state index contributed by atoms with van der Waals surface area (Å²) in [7, 11) is 0. The first-order chi connectivity index (χ1) is 22.9. The van der Waals surface area contributed by atoms with Crippen LogP contribution in [0.3, 0.4) is 0 Å². The lowest BCUT2D eigenvalue weighted by molar-refractivity contribution is -0.132. The lowest BCUT2D eigenvalue weighted by atomic mass is 10.0. The van der Waals surface area contributed by atoms with Crippen LogP contribution in [0, 0.1) is 25.2 Å². The molecule has 6 aromatic rings. The molecular weight excluding hydrogens is 578 g/mol. The van der Waals surface area contributed by atoms with Gasteiger partial charge in [-0.05, 0) is 109 Å². The number of aliphatic carboxylic acids is 1. The molecule has 0 saturated carbocycles. The first-order valence-corrected chi connectivity index (χ1v) is 15.3. The second-order valence-corrected chi connectivity index (χ2v) is 11.3. The van der Waals surface area contributed by atoms with Gasteiger partial charge in [-0.2, -0.15) is 5.26 Å². The second-order valence-electron chi connectivity index (χ2n) is 11.3. The van der Waals surface area contributed by atoms with Gasteiger partial charge in [-0.25, -0.2) is 4.79 Å². The molecule has 0 fully saturated rings. The third-order valence-corrected chi connectivity index (χ3v) is 8.00. The van der Waals surface area contributed by atoms with E-state index in [1.165, 1.54) is 17.2 Å². The van der Waals surface area contributed by atoms with E-state index in [0.717, 1.165) is 45.3 Å². The zero-order chi connectivity index (χ0) is 32.8. The van der Waals surface area contributed by atoms with Crippen LogP contribution < -0.4 is 9.80 Å². The summed E-state index contributed by atoms with van der Waals surface area (Å²) in [4.78, 5) is 15.7. The van der Waals surface area contributed by atoms with Gasteiger partial charge in [0.1, 0.15) is 11.6 Å². The number of hydrogen-bond donors (Lipinski definition) is 1. The van der Waals surface area contributed by atoms with E-state index in [4.69, 9.17) is 5.26 Å². The molecule has 5 heteroatoms. The Bertz CT molecular complexity index is 2040. The molecule has 1 N–H and O–H groups in total. The number of rotatable bonds is 9. The van der Waals surface area contributed by atoms with Crippen LogP contribution in [0.2, 0.25) is 0 Å². The zero-order valence-electron chi connectivity index (χ0n) is 26.2. The van der Waals surface area contributed by atoms with E-state index >= 15 is 0 Å². The lowest BCUT2D eigenvalue weighted by Gasteiger charge is -2.26. The summed E-state index contributed by atoms with van der Waals surface area (Å²) in [5.41, 5.74) is 11.1. The van der Waals surface area contributed by atoms with E-state index in [0.29, 0.717) is 5.56 Å². The van der Waals surface area contributed by atoms with Crippen molar-refractivity contribution in [3.05, 3.63) is 174 Å². The number of carboxylic acid groups (broad SMARTS) is 1. The molecule has 0 spiro atoms. The topological polar surface area (TPSA) is 67.6 Å². The lowest BCUT2D eigenvalue weighted by Crippen LogP contribution is -2.10. The number of nitriles is 1. The fourth-order valence-corrected chi connectivity index (χ4v) is 5.49. The van der Waals surface area contributed by atoms with Crippen molar-refractivity contribution in [2.75, 3.05) is 9.80 Å². The number of nitrogens with zero attached hydrogens (tertiary/aromatic N) is 3. The average Bonchev–Trinajstić information content (AvgIpc) is 3.11. The predicted octanol–water partition coefficient (Wildman–Crippen LogP) is 10.9. The Morgan fingerprint density at radius 3 is 1.23 bits per heavy atom. The van der Waals surface area contributed by atoms with Crippen molar-refractivity contribution in [3.63, 3.8) is 0 Å². The molecule has 0 heterocycles. The van der Waals surface area contributed by atoms with Crippen LogP contribution in [0.4, 0.5) is 34.1 Å². The average molecular weight is 612 g/mol. The minimum atomic E-state index is -1.24. The SMILES string of the molecule is Cc1ccc(N(c2ccccc2)c2ccc(-c3ccc(N(c4ccc(C)cc4)c4ccc(/C=C(/C#N)C(=O)O)cc4)cc3)cc2)cc1. The molecule has 0 aliphatic carbocycles. The van der Waals surface area contributed by atoms with Crippen LogP contribution in [-0.2, 0) is 4.79 Å². The molecule has 0 unspecified atom stereocenters. The molecule has 0 atom stereocenters. The highest BCUT2D eigenvalue weighted by molar-refractivity contribution is 5.96. The Morgan fingerprint density at radius 2 is 0.872 bits per heavy atom. The Kier molecular flexibility index (Phi) is 8.95. The van der Waals surface area contributed by atoms with Gasteiger partial charge in [-0.1, -0.05) is 90.0 Å². The molecule has 0 bridgehead atoms. The molecule has 0 saturated heterocycles. The Labute approximate surface area is 275 Å². The third-order valence-electron chi connectivity index (χ3n) is 8.00. The van der Waals surface area contributed by atoms with Gasteiger partial charge in [0, 0.05) is 34.1 Å². The van der Waals surface area contributed by atoms with Crippen molar-refractivity contribution in [3.8, 4) is 17.2 Å². The minimum absolute atomic E-state index is 0.306. The van der Waals surface area contributed by atoms with E-state index in [1.807, 2.05) is 30.3 Å². The van der Waals surface area contributed by atoms with Crippen LogP contribution in [0.15, 0.2) is 157 Å². The number of para-hydroxylation sites is 1. The van der Waals surface area contributed by atoms with Gasteiger partial charge in [0.2, 0.25) is 0 Å². The van der Waals surface area contributed by atoms with Gasteiger partial charge in [0.15, 0.2) is 0 Å². The maximum Gasteiger partial charge on any atom is 0.346 e. The molecule has 0 aliphatic rings. The quantitative estimate of drug-likeness (QED) is 0.130. The number of carboxylic acids is 1. The maximum atomic E-state index is 11.3. The molecule has 0 amide bonds. The number of anilines is 6. The van der Waals surface area contributed by atoms with Gasteiger partial charge in [-0.15, -0.1) is 0 Å². The minimum Gasteiger partial charge on any atom is -0.477 e. The second kappa shape index (κ2) is 13.7. The largest absolute Gasteiger partial charge is 0.477 e. The molecule has 47 heavy (non-hydrogen) atoms. The maximum absolute atomic E-state index is 11.3. The molecule has 6 aromatic carbocycles. The van der Waals surface area contributed by atoms with Crippen LogP contribution in [0.25, 0.3) is 17.2 Å². The summed E-state index contributed by atoms with van der Waals surface area (Å²) >= 11 is 0. The summed E-state index contributed by atoms with van der Waals surface area (Å²) in [6, 6.07) is 53.6. The predicted molar refractivity (Wildman–Crippen MR) is 192 cm³/mol. The summed E-state index contributed by atoms with van der Waals surface area (Å²) in [6.07, 6.45) is 1.38. The Morgan fingerprint density at radius 1 is 0.532 bits per heavy atom. The summed E-state index contributed by atoms with van der Waals surface area (Å²) in [6.45, 7) is 4.16.